The van der Waals surface area contributed by atoms with Gasteiger partial charge in [0, 0.05) is 12.0 Å². The molecule has 2 unspecified atom stereocenters. The number of oxime groups is 1. The van der Waals surface area contributed by atoms with Crippen molar-refractivity contribution in [2.75, 3.05) is 7.11 Å². The van der Waals surface area contributed by atoms with Crippen molar-refractivity contribution in [3.63, 3.8) is 0 Å². The van der Waals surface area contributed by atoms with Crippen LogP contribution in [0.25, 0.3) is 0 Å². The summed E-state index contributed by atoms with van der Waals surface area (Å²) in [5.41, 5.74) is 3.45. The van der Waals surface area contributed by atoms with Crippen LogP contribution in [-0.2, 0) is 13.7 Å². The lowest BCUT2D eigenvalue weighted by Gasteiger charge is -2.58. The first-order chi connectivity index (χ1) is 15.7. The molecule has 34 heavy (non-hydrogen) atoms. The molecular formula is C28H51NO3Si2. The molecule has 4 aliphatic carbocycles. The Labute approximate surface area is 211 Å². The lowest BCUT2D eigenvalue weighted by Crippen LogP contribution is -2.51. The standard InChI is InChI=1S/C28H51NO3Si2/c1-19(29-30-4)26-25(32-34(8,9)10)18-24-22-12-11-20-17-21(31-33(5,6)7)13-15-27(20,2)23(22)14-16-28(24,26)3/h11,21-26H,12-18H2,1-10H3/b29-19+/t21?,22-,23+,24+,25?,26+,27+,28+/m1/s1. The number of allylic oxidation sites excluding steroid dienone is 1. The molecule has 0 spiro atoms. The Morgan fingerprint density at radius 1 is 0.971 bits per heavy atom. The van der Waals surface area contributed by atoms with E-state index in [1.807, 2.05) is 0 Å². The van der Waals surface area contributed by atoms with Gasteiger partial charge >= 0.3 is 0 Å². The predicted octanol–water partition coefficient (Wildman–Crippen LogP) is 7.64. The first-order valence-electron chi connectivity index (χ1n) is 13.8. The number of hydrogen-bond acceptors (Lipinski definition) is 4. The monoisotopic (exact) mass is 505 g/mol. The maximum atomic E-state index is 6.88. The number of hydrogen-bond donors (Lipinski definition) is 0. The fourth-order valence-corrected chi connectivity index (χ4v) is 11.1. The van der Waals surface area contributed by atoms with Gasteiger partial charge in [0.1, 0.15) is 7.11 Å². The molecule has 194 valence electrons. The smallest absolute Gasteiger partial charge is 0.184 e. The Balaban J connectivity index is 1.62. The van der Waals surface area contributed by atoms with Crippen LogP contribution in [-0.4, -0.2) is 41.7 Å². The van der Waals surface area contributed by atoms with Crippen molar-refractivity contribution in [2.45, 2.75) is 117 Å². The van der Waals surface area contributed by atoms with Crippen molar-refractivity contribution in [3.05, 3.63) is 11.6 Å². The van der Waals surface area contributed by atoms with Crippen molar-refractivity contribution < 1.29 is 13.7 Å². The fraction of sp³-hybridized carbons (Fsp3) is 0.893. The summed E-state index contributed by atoms with van der Waals surface area (Å²) in [5.74, 6) is 2.62. The molecular weight excluding hydrogens is 454 g/mol. The Kier molecular flexibility index (Phi) is 7.16. The van der Waals surface area contributed by atoms with Crippen molar-refractivity contribution in [2.24, 2.45) is 39.7 Å². The molecule has 0 bridgehead atoms. The lowest BCUT2D eigenvalue weighted by atomic mass is 9.47. The second kappa shape index (κ2) is 9.14. The van der Waals surface area contributed by atoms with Gasteiger partial charge in [-0.25, -0.2) is 0 Å². The zero-order chi connectivity index (χ0) is 25.1. The van der Waals surface area contributed by atoms with E-state index in [0.29, 0.717) is 23.4 Å². The average molecular weight is 506 g/mol. The van der Waals surface area contributed by atoms with E-state index >= 15 is 0 Å². The van der Waals surface area contributed by atoms with Gasteiger partial charge in [0.25, 0.3) is 0 Å². The molecule has 4 rings (SSSR count). The molecule has 8 atom stereocenters. The van der Waals surface area contributed by atoms with Crippen LogP contribution in [0.1, 0.15) is 65.7 Å². The molecule has 4 aliphatic rings. The molecule has 0 aromatic rings. The Morgan fingerprint density at radius 3 is 2.26 bits per heavy atom. The molecule has 3 saturated carbocycles. The zero-order valence-electron chi connectivity index (χ0n) is 23.7. The van der Waals surface area contributed by atoms with Crippen molar-refractivity contribution in [1.29, 1.82) is 0 Å². The van der Waals surface area contributed by atoms with Gasteiger partial charge < -0.3 is 13.7 Å². The molecule has 3 fully saturated rings. The van der Waals surface area contributed by atoms with Crippen molar-refractivity contribution >= 4 is 22.3 Å². The van der Waals surface area contributed by atoms with Crippen LogP contribution in [0.3, 0.4) is 0 Å². The van der Waals surface area contributed by atoms with Crippen molar-refractivity contribution in [1.82, 2.24) is 0 Å². The third-order valence-corrected chi connectivity index (χ3v) is 11.8. The van der Waals surface area contributed by atoms with E-state index in [9.17, 15) is 0 Å². The fourth-order valence-electron chi connectivity index (χ4n) is 8.73. The molecule has 0 aromatic heterocycles. The lowest BCUT2D eigenvalue weighted by molar-refractivity contribution is -0.0416. The quantitative estimate of drug-likeness (QED) is 0.161. The summed E-state index contributed by atoms with van der Waals surface area (Å²) in [4.78, 5) is 5.28. The molecule has 0 amide bonds. The molecule has 0 aromatic carbocycles. The van der Waals surface area contributed by atoms with E-state index in [-0.39, 0.29) is 11.5 Å². The summed E-state index contributed by atoms with van der Waals surface area (Å²) in [5, 5.41) is 4.47. The molecule has 0 radical (unpaired) electrons. The van der Waals surface area contributed by atoms with Gasteiger partial charge in [-0.1, -0.05) is 30.7 Å². The Hall–Kier alpha value is -0.436. The third kappa shape index (κ3) is 4.90. The van der Waals surface area contributed by atoms with Gasteiger partial charge in [-0.2, -0.15) is 0 Å². The molecule has 4 nitrogen and oxygen atoms in total. The minimum atomic E-state index is -1.66. The third-order valence-electron chi connectivity index (χ3n) is 9.78. The summed E-state index contributed by atoms with van der Waals surface area (Å²) in [7, 11) is -1.48. The second-order valence-corrected chi connectivity index (χ2v) is 23.2. The zero-order valence-corrected chi connectivity index (χ0v) is 25.7. The summed E-state index contributed by atoms with van der Waals surface area (Å²) in [6.45, 7) is 21.3. The van der Waals surface area contributed by atoms with E-state index in [2.05, 4.69) is 71.3 Å². The van der Waals surface area contributed by atoms with E-state index in [0.717, 1.165) is 24.0 Å². The molecule has 0 heterocycles. The van der Waals surface area contributed by atoms with Crippen LogP contribution in [0.5, 0.6) is 0 Å². The maximum Gasteiger partial charge on any atom is 0.184 e. The highest BCUT2D eigenvalue weighted by Gasteiger charge is 2.62. The van der Waals surface area contributed by atoms with Gasteiger partial charge in [0.2, 0.25) is 0 Å². The van der Waals surface area contributed by atoms with Crippen LogP contribution < -0.4 is 0 Å². The maximum absolute atomic E-state index is 6.88. The summed E-state index contributed by atoms with van der Waals surface area (Å²) >= 11 is 0. The number of rotatable bonds is 6. The predicted molar refractivity (Wildman–Crippen MR) is 147 cm³/mol. The van der Waals surface area contributed by atoms with Crippen LogP contribution >= 0.6 is 0 Å². The Bertz CT molecular complexity index is 828. The van der Waals surface area contributed by atoms with E-state index in [1.165, 1.54) is 38.5 Å². The van der Waals surface area contributed by atoms with Crippen LogP contribution in [0.2, 0.25) is 39.3 Å². The first-order valence-corrected chi connectivity index (χ1v) is 20.6. The van der Waals surface area contributed by atoms with Gasteiger partial charge in [0.05, 0.1) is 11.8 Å². The number of nitrogens with zero attached hydrogens (tertiary/aromatic N) is 1. The first kappa shape index (κ1) is 26.6. The highest BCUT2D eigenvalue weighted by atomic mass is 28.4. The SMILES string of the molecule is CO/N=C(\C)[C@H]1C(O[Si](C)(C)C)C[C@H]2[C@@H]3CC=C4CC(O[Si](C)(C)C)CC[C@]4(C)[C@H]3CC[C@]12C. The molecule has 0 saturated heterocycles. The topological polar surface area (TPSA) is 40.0 Å². The van der Waals surface area contributed by atoms with Crippen LogP contribution in [0, 0.1) is 34.5 Å². The highest BCUT2D eigenvalue weighted by molar-refractivity contribution is 6.70. The largest absolute Gasteiger partial charge is 0.414 e. The van der Waals surface area contributed by atoms with Crippen LogP contribution in [0.4, 0.5) is 0 Å². The van der Waals surface area contributed by atoms with Gasteiger partial charge in [0.15, 0.2) is 16.6 Å². The normalized spacial score (nSPS) is 43.0. The Morgan fingerprint density at radius 2 is 1.65 bits per heavy atom. The number of fused-ring (bicyclic) bond motifs is 5. The van der Waals surface area contributed by atoms with E-state index in [4.69, 9.17) is 13.7 Å². The molecule has 6 heteroatoms. The van der Waals surface area contributed by atoms with E-state index < -0.39 is 16.6 Å². The van der Waals surface area contributed by atoms with Crippen molar-refractivity contribution in [3.8, 4) is 0 Å². The summed E-state index contributed by atoms with van der Waals surface area (Å²) in [6.07, 6.45) is 12.1. The average Bonchev–Trinajstić information content (AvgIpc) is 2.97. The highest BCUT2D eigenvalue weighted by Crippen LogP contribution is 2.67. The minimum Gasteiger partial charge on any atom is -0.414 e. The molecule has 0 aliphatic heterocycles. The molecule has 0 N–H and O–H groups in total. The van der Waals surface area contributed by atoms with Gasteiger partial charge in [-0.15, -0.1) is 0 Å². The van der Waals surface area contributed by atoms with Gasteiger partial charge in [-0.05, 0) is 120 Å². The summed E-state index contributed by atoms with van der Waals surface area (Å²) < 4.78 is 13.5. The van der Waals surface area contributed by atoms with E-state index in [1.54, 1.807) is 12.7 Å². The second-order valence-electron chi connectivity index (χ2n) is 14.3. The summed E-state index contributed by atoms with van der Waals surface area (Å²) in [6, 6.07) is 0. The van der Waals surface area contributed by atoms with Gasteiger partial charge in [-0.3, -0.25) is 0 Å². The minimum absolute atomic E-state index is 0.247. The van der Waals surface area contributed by atoms with Crippen LogP contribution in [0.15, 0.2) is 16.8 Å².